The Morgan fingerprint density at radius 1 is 1.18 bits per heavy atom. The molecule has 0 aliphatic carbocycles. The molecule has 0 bridgehead atoms. The first-order valence-electron chi connectivity index (χ1n) is 5.51. The summed E-state index contributed by atoms with van der Waals surface area (Å²) in [6, 6.07) is 13.2. The van der Waals surface area contributed by atoms with Gasteiger partial charge in [-0.05, 0) is 36.8 Å². The Balaban J connectivity index is 2.11. The summed E-state index contributed by atoms with van der Waals surface area (Å²) in [5.74, 6) is 0. The van der Waals surface area contributed by atoms with Crippen LogP contribution in [0.3, 0.4) is 0 Å². The van der Waals surface area contributed by atoms with Gasteiger partial charge in [0, 0.05) is 17.1 Å². The highest BCUT2D eigenvalue weighted by molar-refractivity contribution is 6.30. The van der Waals surface area contributed by atoms with E-state index < -0.39 is 6.10 Å². The van der Waals surface area contributed by atoms with E-state index in [-0.39, 0.29) is 0 Å². The third-order valence-electron chi connectivity index (χ3n) is 2.59. The first-order chi connectivity index (χ1) is 8.15. The number of aliphatic hydroxyl groups excluding tert-OH is 1. The second kappa shape index (κ2) is 5.30. The van der Waals surface area contributed by atoms with E-state index in [1.54, 1.807) is 0 Å². The molecular formula is C14H14ClNO. The van der Waals surface area contributed by atoms with Gasteiger partial charge in [-0.1, -0.05) is 29.8 Å². The normalized spacial score (nSPS) is 12.4. The number of benzene rings is 1. The Kier molecular flexibility index (Phi) is 3.77. The van der Waals surface area contributed by atoms with Crippen LogP contribution in [0.1, 0.15) is 23.1 Å². The van der Waals surface area contributed by atoms with Gasteiger partial charge in [0.1, 0.15) is 0 Å². The van der Waals surface area contributed by atoms with Crippen molar-refractivity contribution in [2.75, 3.05) is 0 Å². The Morgan fingerprint density at radius 3 is 2.53 bits per heavy atom. The van der Waals surface area contributed by atoms with E-state index in [1.165, 1.54) is 0 Å². The molecule has 1 unspecified atom stereocenters. The van der Waals surface area contributed by atoms with Crippen LogP contribution in [0.2, 0.25) is 5.02 Å². The first-order valence-corrected chi connectivity index (χ1v) is 5.89. The standard InChI is InChI=1S/C14H14ClNO/c1-10-3-2-4-13(16-10)14(17)9-11-5-7-12(15)8-6-11/h2-8,14,17H,9H2,1H3. The van der Waals surface area contributed by atoms with Gasteiger partial charge in [-0.15, -0.1) is 0 Å². The molecule has 0 saturated heterocycles. The van der Waals surface area contributed by atoms with Crippen molar-refractivity contribution in [3.8, 4) is 0 Å². The van der Waals surface area contributed by atoms with E-state index in [4.69, 9.17) is 11.6 Å². The van der Waals surface area contributed by atoms with Crippen molar-refractivity contribution in [2.24, 2.45) is 0 Å². The zero-order valence-corrected chi connectivity index (χ0v) is 10.4. The molecule has 0 spiro atoms. The average molecular weight is 248 g/mol. The third-order valence-corrected chi connectivity index (χ3v) is 2.85. The minimum absolute atomic E-state index is 0.549. The summed E-state index contributed by atoms with van der Waals surface area (Å²) in [5, 5.41) is 10.8. The Hall–Kier alpha value is -1.38. The van der Waals surface area contributed by atoms with Crippen molar-refractivity contribution < 1.29 is 5.11 Å². The lowest BCUT2D eigenvalue weighted by atomic mass is 10.1. The van der Waals surface area contributed by atoms with Gasteiger partial charge in [0.15, 0.2) is 0 Å². The van der Waals surface area contributed by atoms with Crippen molar-refractivity contribution in [1.29, 1.82) is 0 Å². The number of nitrogens with zero attached hydrogens (tertiary/aromatic N) is 1. The van der Waals surface area contributed by atoms with Crippen molar-refractivity contribution in [2.45, 2.75) is 19.4 Å². The van der Waals surface area contributed by atoms with Crippen molar-refractivity contribution in [1.82, 2.24) is 4.98 Å². The average Bonchev–Trinajstić information content (AvgIpc) is 2.32. The van der Waals surface area contributed by atoms with Gasteiger partial charge >= 0.3 is 0 Å². The molecule has 2 aromatic rings. The zero-order chi connectivity index (χ0) is 12.3. The molecule has 0 aliphatic rings. The number of pyridine rings is 1. The smallest absolute Gasteiger partial charge is 0.1000 e. The molecule has 3 heteroatoms. The van der Waals surface area contributed by atoms with Crippen LogP contribution in [0.5, 0.6) is 0 Å². The monoisotopic (exact) mass is 247 g/mol. The maximum atomic E-state index is 10.1. The number of halogens is 1. The lowest BCUT2D eigenvalue weighted by Crippen LogP contribution is -2.04. The molecule has 1 heterocycles. The van der Waals surface area contributed by atoms with Gasteiger partial charge in [-0.2, -0.15) is 0 Å². The van der Waals surface area contributed by atoms with Crippen molar-refractivity contribution in [3.05, 3.63) is 64.4 Å². The molecule has 17 heavy (non-hydrogen) atoms. The van der Waals surface area contributed by atoms with E-state index >= 15 is 0 Å². The van der Waals surface area contributed by atoms with E-state index in [0.29, 0.717) is 17.1 Å². The van der Waals surface area contributed by atoms with Gasteiger partial charge in [0.2, 0.25) is 0 Å². The highest BCUT2D eigenvalue weighted by atomic mass is 35.5. The summed E-state index contributed by atoms with van der Waals surface area (Å²) in [4.78, 5) is 4.31. The summed E-state index contributed by atoms with van der Waals surface area (Å²) in [7, 11) is 0. The van der Waals surface area contributed by atoms with E-state index in [2.05, 4.69) is 4.98 Å². The number of aryl methyl sites for hydroxylation is 1. The first kappa shape index (κ1) is 12.1. The van der Waals surface area contributed by atoms with Crippen LogP contribution in [0.4, 0.5) is 0 Å². The molecule has 0 amide bonds. The van der Waals surface area contributed by atoms with Crippen LogP contribution in [0.25, 0.3) is 0 Å². The van der Waals surface area contributed by atoms with Crippen molar-refractivity contribution in [3.63, 3.8) is 0 Å². The van der Waals surface area contributed by atoms with Crippen LogP contribution in [-0.2, 0) is 6.42 Å². The van der Waals surface area contributed by atoms with Crippen LogP contribution in [-0.4, -0.2) is 10.1 Å². The molecule has 0 aliphatic heterocycles. The van der Waals surface area contributed by atoms with Crippen molar-refractivity contribution >= 4 is 11.6 Å². The van der Waals surface area contributed by atoms with E-state index in [1.807, 2.05) is 49.4 Å². The molecule has 1 atom stereocenters. The molecule has 2 nitrogen and oxygen atoms in total. The second-order valence-corrected chi connectivity index (χ2v) is 4.49. The molecule has 0 saturated carbocycles. The summed E-state index contributed by atoms with van der Waals surface area (Å²) in [6.07, 6.45) is -0.0238. The summed E-state index contributed by atoms with van der Waals surface area (Å²) in [6.45, 7) is 1.92. The fourth-order valence-corrected chi connectivity index (χ4v) is 1.82. The van der Waals surface area contributed by atoms with E-state index in [9.17, 15) is 5.11 Å². The lowest BCUT2D eigenvalue weighted by molar-refractivity contribution is 0.173. The number of aromatic nitrogens is 1. The van der Waals surface area contributed by atoms with Crippen LogP contribution in [0.15, 0.2) is 42.5 Å². The SMILES string of the molecule is Cc1cccc(C(O)Cc2ccc(Cl)cc2)n1. The number of rotatable bonds is 3. The second-order valence-electron chi connectivity index (χ2n) is 4.05. The number of hydrogen-bond acceptors (Lipinski definition) is 2. The molecule has 88 valence electrons. The molecule has 1 aromatic heterocycles. The molecule has 0 fully saturated rings. The maximum absolute atomic E-state index is 10.1. The highest BCUT2D eigenvalue weighted by Crippen LogP contribution is 2.18. The van der Waals surface area contributed by atoms with Gasteiger partial charge in [-0.25, -0.2) is 0 Å². The lowest BCUT2D eigenvalue weighted by Gasteiger charge is -2.10. The van der Waals surface area contributed by atoms with Gasteiger partial charge in [0.25, 0.3) is 0 Å². The van der Waals surface area contributed by atoms with Crippen LogP contribution >= 0.6 is 11.6 Å². The Labute approximate surface area is 106 Å². The van der Waals surface area contributed by atoms with Crippen LogP contribution in [0, 0.1) is 6.92 Å². The topological polar surface area (TPSA) is 33.1 Å². The Bertz CT molecular complexity index is 496. The minimum atomic E-state index is -0.573. The Morgan fingerprint density at radius 2 is 1.88 bits per heavy atom. The largest absolute Gasteiger partial charge is 0.386 e. The fourth-order valence-electron chi connectivity index (χ4n) is 1.70. The summed E-state index contributed by atoms with van der Waals surface area (Å²) >= 11 is 5.81. The summed E-state index contributed by atoms with van der Waals surface area (Å²) < 4.78 is 0. The van der Waals surface area contributed by atoms with Gasteiger partial charge in [0.05, 0.1) is 11.8 Å². The molecule has 1 aromatic carbocycles. The third kappa shape index (κ3) is 3.29. The van der Waals surface area contributed by atoms with Gasteiger partial charge < -0.3 is 5.11 Å². The molecule has 0 radical (unpaired) electrons. The maximum Gasteiger partial charge on any atom is 0.1000 e. The highest BCUT2D eigenvalue weighted by Gasteiger charge is 2.09. The predicted octanol–water partition coefficient (Wildman–Crippen LogP) is 3.32. The zero-order valence-electron chi connectivity index (χ0n) is 9.60. The fraction of sp³-hybridized carbons (Fsp3) is 0.214. The molecular weight excluding hydrogens is 234 g/mol. The quantitative estimate of drug-likeness (QED) is 0.903. The number of hydrogen-bond donors (Lipinski definition) is 1. The summed E-state index contributed by atoms with van der Waals surface area (Å²) in [5.41, 5.74) is 2.67. The minimum Gasteiger partial charge on any atom is -0.386 e. The predicted molar refractivity (Wildman–Crippen MR) is 69.1 cm³/mol. The van der Waals surface area contributed by atoms with E-state index in [0.717, 1.165) is 11.3 Å². The van der Waals surface area contributed by atoms with Gasteiger partial charge in [-0.3, -0.25) is 4.98 Å². The van der Waals surface area contributed by atoms with Crippen LogP contribution < -0.4 is 0 Å². The number of aliphatic hydroxyl groups is 1. The molecule has 1 N–H and O–H groups in total. The molecule has 2 rings (SSSR count).